The zero-order valence-electron chi connectivity index (χ0n) is 20.1. The average molecular weight is 495 g/mol. The highest BCUT2D eigenvalue weighted by Crippen LogP contribution is 2.37. The summed E-state index contributed by atoms with van der Waals surface area (Å²) in [5.74, 6) is 2.09. The van der Waals surface area contributed by atoms with Crippen LogP contribution in [0.1, 0.15) is 36.0 Å². The van der Waals surface area contributed by atoms with Crippen molar-refractivity contribution in [1.82, 2.24) is 24.0 Å². The predicted octanol–water partition coefficient (Wildman–Crippen LogP) is 3.99. The Kier molecular flexibility index (Phi) is 6.19. The van der Waals surface area contributed by atoms with Gasteiger partial charge in [-0.2, -0.15) is 0 Å². The molecule has 1 aliphatic carbocycles. The zero-order valence-corrected chi connectivity index (χ0v) is 20.9. The van der Waals surface area contributed by atoms with Gasteiger partial charge in [-0.1, -0.05) is 0 Å². The summed E-state index contributed by atoms with van der Waals surface area (Å²) in [7, 11) is 3.62. The van der Waals surface area contributed by atoms with Crippen molar-refractivity contribution in [2.75, 3.05) is 20.2 Å². The average Bonchev–Trinajstić information content (AvgIpc) is 3.53. The highest BCUT2D eigenvalue weighted by molar-refractivity contribution is 6.01. The molecule has 35 heavy (non-hydrogen) atoms. The summed E-state index contributed by atoms with van der Waals surface area (Å²) in [4.78, 5) is 24.8. The molecule has 1 aliphatic heterocycles. The lowest BCUT2D eigenvalue weighted by atomic mass is 10.0. The molecule has 4 aromatic rings. The number of carbonyl (C=O) groups excluding carboxylic acids is 1. The lowest BCUT2D eigenvalue weighted by Gasteiger charge is -2.31. The van der Waals surface area contributed by atoms with Crippen molar-refractivity contribution in [1.29, 1.82) is 0 Å². The van der Waals surface area contributed by atoms with Crippen LogP contribution < -0.4 is 10.5 Å². The van der Waals surface area contributed by atoms with Crippen LogP contribution in [0.3, 0.4) is 0 Å². The summed E-state index contributed by atoms with van der Waals surface area (Å²) >= 11 is 0. The van der Waals surface area contributed by atoms with Crippen LogP contribution >= 0.6 is 12.4 Å². The number of rotatable bonds is 5. The highest BCUT2D eigenvalue weighted by atomic mass is 35.5. The normalized spacial score (nSPS) is 18.1. The first-order chi connectivity index (χ1) is 16.5. The van der Waals surface area contributed by atoms with Crippen LogP contribution in [0.15, 0.2) is 36.5 Å². The number of likely N-dealkylation sites (tertiary alicyclic amines) is 1. The number of aryl methyl sites for hydroxylation is 1. The van der Waals surface area contributed by atoms with Crippen LogP contribution in [0.2, 0.25) is 0 Å². The largest absolute Gasteiger partial charge is 0.496 e. The summed E-state index contributed by atoms with van der Waals surface area (Å²) in [6, 6.07) is 10.1. The first-order valence-corrected chi connectivity index (χ1v) is 12.1. The SMILES string of the molecule is COc1cc2c(cc1C(=O)N1CCC[C@@H](N)C1)nc(-c1cc3ncccc3n1CC1CC1)n2C.Cl. The van der Waals surface area contributed by atoms with Gasteiger partial charge in [0.2, 0.25) is 0 Å². The number of hydrogen-bond acceptors (Lipinski definition) is 5. The van der Waals surface area contributed by atoms with Crippen molar-refractivity contribution in [3.05, 3.63) is 42.1 Å². The van der Waals surface area contributed by atoms with Crippen LogP contribution in [0.5, 0.6) is 5.75 Å². The molecule has 3 aromatic heterocycles. The smallest absolute Gasteiger partial charge is 0.257 e. The van der Waals surface area contributed by atoms with E-state index in [1.54, 1.807) is 7.11 Å². The molecule has 1 saturated carbocycles. The quantitative estimate of drug-likeness (QED) is 0.453. The molecule has 1 atom stereocenters. The van der Waals surface area contributed by atoms with E-state index < -0.39 is 0 Å². The van der Waals surface area contributed by atoms with Crippen molar-refractivity contribution >= 4 is 40.4 Å². The number of nitrogens with zero attached hydrogens (tertiary/aromatic N) is 5. The Morgan fingerprint density at radius 1 is 1.17 bits per heavy atom. The van der Waals surface area contributed by atoms with E-state index in [1.165, 1.54) is 12.8 Å². The molecule has 1 amide bonds. The van der Waals surface area contributed by atoms with E-state index in [9.17, 15) is 4.79 Å². The number of aromatic nitrogens is 4. The van der Waals surface area contributed by atoms with E-state index in [2.05, 4.69) is 26.3 Å². The second-order valence-corrected chi connectivity index (χ2v) is 9.68. The maximum absolute atomic E-state index is 13.4. The van der Waals surface area contributed by atoms with E-state index >= 15 is 0 Å². The molecule has 184 valence electrons. The molecule has 1 saturated heterocycles. The fourth-order valence-corrected chi connectivity index (χ4v) is 5.18. The molecule has 9 heteroatoms. The van der Waals surface area contributed by atoms with Gasteiger partial charge in [-0.15, -0.1) is 12.4 Å². The number of imidazole rings is 1. The number of hydrogen-bond donors (Lipinski definition) is 1. The van der Waals surface area contributed by atoms with E-state index in [0.29, 0.717) is 23.8 Å². The lowest BCUT2D eigenvalue weighted by molar-refractivity contribution is 0.0705. The number of halogens is 1. The minimum absolute atomic E-state index is 0. The summed E-state index contributed by atoms with van der Waals surface area (Å²) in [6.45, 7) is 2.26. The van der Waals surface area contributed by atoms with Gasteiger partial charge in [0.25, 0.3) is 5.91 Å². The Hall–Kier alpha value is -3.10. The number of pyridine rings is 1. The molecule has 0 unspecified atom stereocenters. The van der Waals surface area contributed by atoms with Crippen molar-refractivity contribution in [3.63, 3.8) is 0 Å². The van der Waals surface area contributed by atoms with E-state index in [4.69, 9.17) is 15.5 Å². The molecule has 0 bridgehead atoms. The van der Waals surface area contributed by atoms with E-state index in [1.807, 2.05) is 36.3 Å². The molecule has 8 nitrogen and oxygen atoms in total. The molecule has 6 rings (SSSR count). The summed E-state index contributed by atoms with van der Waals surface area (Å²) in [6.07, 6.45) is 6.24. The number of methoxy groups -OCH3 is 1. The van der Waals surface area contributed by atoms with Gasteiger partial charge in [0, 0.05) is 45.0 Å². The minimum atomic E-state index is -0.0480. The third kappa shape index (κ3) is 4.15. The van der Waals surface area contributed by atoms with Crippen LogP contribution in [0.4, 0.5) is 0 Å². The molecular weight excluding hydrogens is 464 g/mol. The summed E-state index contributed by atoms with van der Waals surface area (Å²) < 4.78 is 10.1. The second kappa shape index (κ2) is 9.17. The van der Waals surface area contributed by atoms with Crippen LogP contribution in [0.25, 0.3) is 33.6 Å². The number of piperidine rings is 1. The number of benzene rings is 1. The topological polar surface area (TPSA) is 91.2 Å². The van der Waals surface area contributed by atoms with Crippen LogP contribution in [-0.2, 0) is 13.6 Å². The van der Waals surface area contributed by atoms with Crippen molar-refractivity contribution in [3.8, 4) is 17.3 Å². The van der Waals surface area contributed by atoms with Gasteiger partial charge in [0.15, 0.2) is 5.82 Å². The van der Waals surface area contributed by atoms with Crippen molar-refractivity contribution < 1.29 is 9.53 Å². The third-order valence-corrected chi connectivity index (χ3v) is 7.22. The van der Waals surface area contributed by atoms with Gasteiger partial charge >= 0.3 is 0 Å². The first kappa shape index (κ1) is 23.6. The van der Waals surface area contributed by atoms with Crippen LogP contribution in [-0.4, -0.2) is 56.2 Å². The number of ether oxygens (including phenoxy) is 1. The lowest BCUT2D eigenvalue weighted by Crippen LogP contribution is -2.45. The fourth-order valence-electron chi connectivity index (χ4n) is 5.18. The van der Waals surface area contributed by atoms with Gasteiger partial charge in [-0.05, 0) is 55.9 Å². The number of amides is 1. The first-order valence-electron chi connectivity index (χ1n) is 12.1. The maximum atomic E-state index is 13.4. The standard InChI is InChI=1S/C26H30N6O2.ClH/c1-30-22-13-24(34-2)18(26(33)31-10-4-5-17(27)15-31)11-20(22)29-25(30)23-12-19-21(6-3-9-28-19)32(23)14-16-7-8-16;/h3,6,9,11-13,16-17H,4-5,7-8,10,14-15,27H2,1-2H3;1H/t17-;/m1./s1. The van der Waals surface area contributed by atoms with E-state index in [-0.39, 0.29) is 24.4 Å². The maximum Gasteiger partial charge on any atom is 0.257 e. The Morgan fingerprint density at radius 3 is 2.74 bits per heavy atom. The van der Waals surface area contributed by atoms with Gasteiger partial charge in [-0.3, -0.25) is 9.78 Å². The molecule has 2 fully saturated rings. The minimum Gasteiger partial charge on any atom is -0.496 e. The van der Waals surface area contributed by atoms with Gasteiger partial charge in [0.05, 0.1) is 40.4 Å². The highest BCUT2D eigenvalue weighted by Gasteiger charge is 2.28. The second-order valence-electron chi connectivity index (χ2n) is 9.68. The third-order valence-electron chi connectivity index (χ3n) is 7.22. The zero-order chi connectivity index (χ0) is 23.4. The Morgan fingerprint density at radius 2 is 2.00 bits per heavy atom. The predicted molar refractivity (Wildman–Crippen MR) is 139 cm³/mol. The molecule has 4 heterocycles. The van der Waals surface area contributed by atoms with Crippen LogP contribution in [0, 0.1) is 5.92 Å². The van der Waals surface area contributed by atoms with Gasteiger partial charge in [-0.25, -0.2) is 4.98 Å². The van der Waals surface area contributed by atoms with Gasteiger partial charge < -0.3 is 24.5 Å². The Balaban J connectivity index is 0.00000253. The van der Waals surface area contributed by atoms with Crippen molar-refractivity contribution in [2.24, 2.45) is 18.7 Å². The number of nitrogens with two attached hydrogens (primary N) is 1. The summed E-state index contributed by atoms with van der Waals surface area (Å²) in [5.41, 5.74) is 11.5. The van der Waals surface area contributed by atoms with Gasteiger partial charge in [0.1, 0.15) is 5.75 Å². The van der Waals surface area contributed by atoms with E-state index in [0.717, 1.165) is 59.5 Å². The fraction of sp³-hybridized carbons (Fsp3) is 0.423. The summed E-state index contributed by atoms with van der Waals surface area (Å²) in [5, 5.41) is 0. The molecule has 2 N–H and O–H groups in total. The van der Waals surface area contributed by atoms with Crippen molar-refractivity contribution in [2.45, 2.75) is 38.3 Å². The molecule has 0 radical (unpaired) electrons. The molecule has 1 aromatic carbocycles. The Bertz CT molecular complexity index is 1410. The molecule has 0 spiro atoms. The molecular formula is C26H31ClN6O2. The molecule has 2 aliphatic rings. The number of carbonyl (C=O) groups is 1. The number of fused-ring (bicyclic) bond motifs is 2. The monoisotopic (exact) mass is 494 g/mol. The Labute approximate surface area is 210 Å².